The third kappa shape index (κ3) is 15.3. The van der Waals surface area contributed by atoms with Gasteiger partial charge in [0, 0.05) is 13.1 Å². The van der Waals surface area contributed by atoms with E-state index >= 15 is 0 Å². The number of hydrogen-bond acceptors (Lipinski definition) is 5. The molecule has 0 spiro atoms. The smallest absolute Gasteiger partial charge is 0.339 e. The van der Waals surface area contributed by atoms with Crippen molar-refractivity contribution >= 4 is 17.8 Å². The molecule has 0 aromatic rings. The summed E-state index contributed by atoms with van der Waals surface area (Å²) in [6, 6.07) is 0. The predicted molar refractivity (Wildman–Crippen MR) is 143 cm³/mol. The number of hydrogen-bond donors (Lipinski definition) is 1. The number of nitrogens with one attached hydrogen (secondary N) is 1. The molecule has 0 saturated carbocycles. The van der Waals surface area contributed by atoms with E-state index in [1.807, 2.05) is 0 Å². The lowest BCUT2D eigenvalue weighted by Gasteiger charge is -2.25. The Hall–Kier alpha value is -2.37. The zero-order valence-corrected chi connectivity index (χ0v) is 23.7. The quantitative estimate of drug-likeness (QED) is 0.121. The minimum atomic E-state index is -0.769. The molecular weight excluding hydrogens is 442 g/mol. The molecule has 6 heteroatoms. The fourth-order valence-electron chi connectivity index (χ4n) is 3.42. The van der Waals surface area contributed by atoms with Gasteiger partial charge in [-0.15, -0.1) is 0 Å². The molecule has 0 unspecified atom stereocenters. The van der Waals surface area contributed by atoms with E-state index < -0.39 is 23.1 Å². The summed E-state index contributed by atoms with van der Waals surface area (Å²) in [6.07, 6.45) is 11.2. The summed E-state index contributed by atoms with van der Waals surface area (Å²) in [4.78, 5) is 38.1. The highest BCUT2D eigenvalue weighted by Crippen LogP contribution is 2.29. The summed E-state index contributed by atoms with van der Waals surface area (Å²) in [6.45, 7) is 20.0. The molecule has 0 aliphatic rings. The molecule has 0 aliphatic carbocycles. The first kappa shape index (κ1) is 32.6. The zero-order valence-electron chi connectivity index (χ0n) is 23.7. The Bertz CT molecular complexity index is 791. The van der Waals surface area contributed by atoms with Crippen molar-refractivity contribution < 1.29 is 23.9 Å². The number of carbonyl (C=O) groups is 3. The Morgan fingerprint density at radius 2 is 1.17 bits per heavy atom. The van der Waals surface area contributed by atoms with Gasteiger partial charge in [0.05, 0.1) is 11.1 Å². The van der Waals surface area contributed by atoms with Crippen molar-refractivity contribution in [2.75, 3.05) is 0 Å². The number of esters is 2. The average molecular weight is 492 g/mol. The Balaban J connectivity index is 6.05. The molecule has 0 rings (SSSR count). The van der Waals surface area contributed by atoms with Crippen LogP contribution in [0.25, 0.3) is 0 Å². The summed E-state index contributed by atoms with van der Waals surface area (Å²) in [5.41, 5.74) is -0.428. The molecule has 0 bridgehead atoms. The Kier molecular flexibility index (Phi) is 14.5. The number of carbonyl (C=O) groups excluding carboxylic acids is 3. The van der Waals surface area contributed by atoms with Gasteiger partial charge >= 0.3 is 11.9 Å². The van der Waals surface area contributed by atoms with Crippen LogP contribution in [0.5, 0.6) is 0 Å². The molecule has 0 aliphatic heterocycles. The molecule has 0 atom stereocenters. The van der Waals surface area contributed by atoms with Crippen LogP contribution >= 0.6 is 0 Å². The van der Waals surface area contributed by atoms with Crippen molar-refractivity contribution in [3.05, 3.63) is 35.1 Å². The summed E-state index contributed by atoms with van der Waals surface area (Å²) in [7, 11) is 0. The molecule has 6 nitrogen and oxygen atoms in total. The first-order valence-corrected chi connectivity index (χ1v) is 12.9. The topological polar surface area (TPSA) is 81.7 Å². The summed E-state index contributed by atoms with van der Waals surface area (Å²) in [5, 5.41) is 2.58. The van der Waals surface area contributed by atoms with E-state index in [1.54, 1.807) is 48.5 Å². The highest BCUT2D eigenvalue weighted by atomic mass is 16.6. The molecule has 200 valence electrons. The monoisotopic (exact) mass is 491 g/mol. The van der Waals surface area contributed by atoms with Crippen molar-refractivity contribution in [2.45, 2.75) is 131 Å². The normalized spacial score (nSPS) is 13.1. The van der Waals surface area contributed by atoms with Gasteiger partial charge in [0.1, 0.15) is 11.2 Å². The van der Waals surface area contributed by atoms with E-state index in [2.05, 4.69) is 18.8 Å². The minimum Gasteiger partial charge on any atom is -0.456 e. The third-order valence-electron chi connectivity index (χ3n) is 5.03. The van der Waals surface area contributed by atoms with Crippen molar-refractivity contribution in [3.63, 3.8) is 0 Å². The fraction of sp³-hybridized carbons (Fsp3) is 0.690. The lowest BCUT2D eigenvalue weighted by Crippen LogP contribution is -2.30. The molecule has 0 heterocycles. The van der Waals surface area contributed by atoms with Crippen LogP contribution < -0.4 is 5.32 Å². The van der Waals surface area contributed by atoms with E-state index in [0.717, 1.165) is 19.3 Å². The van der Waals surface area contributed by atoms with Gasteiger partial charge in [-0.2, -0.15) is 0 Å². The molecule has 0 aromatic carbocycles. The molecular formula is C29H49NO5. The number of rotatable bonds is 14. The third-order valence-corrected chi connectivity index (χ3v) is 5.03. The Labute approximate surface area is 213 Å². The fourth-order valence-corrected chi connectivity index (χ4v) is 3.42. The molecule has 35 heavy (non-hydrogen) atoms. The maximum Gasteiger partial charge on any atom is 0.339 e. The molecule has 0 radical (unpaired) electrons. The standard InChI is InChI=1S/C29H49NO5/c1-11-12-13-14-15-16-17-18-19-21(2)24(26(32)34-28(5,6)7)25(22(3)20-30-23(4)31)27(33)35-29(8,9)10/h20H,2,11-19H2,1,3-10H3,(H,30,31)/b22-20+,25-24-. The number of ether oxygens (including phenoxy) is 2. The van der Waals surface area contributed by atoms with E-state index in [4.69, 9.17) is 9.47 Å². The van der Waals surface area contributed by atoms with E-state index in [9.17, 15) is 14.4 Å². The minimum absolute atomic E-state index is 0.0625. The SMILES string of the molecule is C=C(CCCCCCCCCC)/C(C(=O)OC(C)(C)C)=C(C(=O)OC(C)(C)C)\C(C)=C\NC(C)=O. The highest BCUT2D eigenvalue weighted by Gasteiger charge is 2.31. The molecule has 0 fully saturated rings. The first-order chi connectivity index (χ1) is 16.1. The van der Waals surface area contributed by atoms with Crippen LogP contribution in [0.2, 0.25) is 0 Å². The van der Waals surface area contributed by atoms with Crippen LogP contribution in [0.4, 0.5) is 0 Å². The second-order valence-electron chi connectivity index (χ2n) is 11.1. The van der Waals surface area contributed by atoms with Crippen LogP contribution in [-0.4, -0.2) is 29.0 Å². The largest absolute Gasteiger partial charge is 0.456 e. The maximum absolute atomic E-state index is 13.3. The molecule has 0 aromatic heterocycles. The maximum atomic E-state index is 13.3. The van der Waals surface area contributed by atoms with Crippen molar-refractivity contribution in [2.24, 2.45) is 0 Å². The lowest BCUT2D eigenvalue weighted by atomic mass is 9.92. The Morgan fingerprint density at radius 1 is 0.743 bits per heavy atom. The highest BCUT2D eigenvalue weighted by molar-refractivity contribution is 6.06. The Morgan fingerprint density at radius 3 is 1.60 bits per heavy atom. The molecule has 0 saturated heterocycles. The zero-order chi connectivity index (χ0) is 27.2. The van der Waals surface area contributed by atoms with Gasteiger partial charge in [-0.05, 0) is 72.5 Å². The van der Waals surface area contributed by atoms with Crippen molar-refractivity contribution in [1.82, 2.24) is 5.32 Å². The van der Waals surface area contributed by atoms with E-state index in [1.165, 1.54) is 45.2 Å². The number of unbranched alkanes of at least 4 members (excludes halogenated alkanes) is 7. The van der Waals surface area contributed by atoms with Crippen LogP contribution in [0.3, 0.4) is 0 Å². The second-order valence-corrected chi connectivity index (χ2v) is 11.1. The van der Waals surface area contributed by atoms with Crippen molar-refractivity contribution in [3.8, 4) is 0 Å². The first-order valence-electron chi connectivity index (χ1n) is 12.9. The van der Waals surface area contributed by atoms with Gasteiger partial charge in [-0.1, -0.05) is 58.4 Å². The van der Waals surface area contributed by atoms with Crippen LogP contribution in [0.15, 0.2) is 35.1 Å². The van der Waals surface area contributed by atoms with E-state index in [0.29, 0.717) is 17.6 Å². The molecule has 1 amide bonds. The van der Waals surface area contributed by atoms with Gasteiger partial charge < -0.3 is 14.8 Å². The lowest BCUT2D eigenvalue weighted by molar-refractivity contribution is -0.153. The van der Waals surface area contributed by atoms with Gasteiger partial charge in [0.15, 0.2) is 0 Å². The summed E-state index contributed by atoms with van der Waals surface area (Å²) in [5.74, 6) is -1.57. The van der Waals surface area contributed by atoms with Gasteiger partial charge in [-0.3, -0.25) is 4.79 Å². The van der Waals surface area contributed by atoms with Crippen LogP contribution in [-0.2, 0) is 23.9 Å². The van der Waals surface area contributed by atoms with Crippen molar-refractivity contribution in [1.29, 1.82) is 0 Å². The second kappa shape index (κ2) is 15.6. The van der Waals surface area contributed by atoms with Gasteiger partial charge in [0.2, 0.25) is 5.91 Å². The van der Waals surface area contributed by atoms with Crippen LogP contribution in [0, 0.1) is 0 Å². The predicted octanol–water partition coefficient (Wildman–Crippen LogP) is 7.09. The molecule has 1 N–H and O–H groups in total. The van der Waals surface area contributed by atoms with Crippen LogP contribution in [0.1, 0.15) is 120 Å². The van der Waals surface area contributed by atoms with Gasteiger partial charge in [-0.25, -0.2) is 9.59 Å². The van der Waals surface area contributed by atoms with E-state index in [-0.39, 0.29) is 17.1 Å². The number of amides is 1. The average Bonchev–Trinajstić information content (AvgIpc) is 2.69. The van der Waals surface area contributed by atoms with Gasteiger partial charge in [0.25, 0.3) is 0 Å². The summed E-state index contributed by atoms with van der Waals surface area (Å²) < 4.78 is 11.3. The summed E-state index contributed by atoms with van der Waals surface area (Å²) >= 11 is 0.